The number of aryl methyl sites for hydroxylation is 2. The zero-order valence-electron chi connectivity index (χ0n) is 13.6. The van der Waals surface area contributed by atoms with Gasteiger partial charge in [0.25, 0.3) is 0 Å². The van der Waals surface area contributed by atoms with Crippen LogP contribution in [-0.2, 0) is 30.6 Å². The third-order valence-corrected chi connectivity index (χ3v) is 3.27. The molecule has 0 aliphatic rings. The largest absolute Gasteiger partial charge is 0.377 e. The molecule has 0 radical (unpaired) electrons. The van der Waals surface area contributed by atoms with Crippen molar-refractivity contribution in [1.82, 2.24) is 15.3 Å². The maximum atomic E-state index is 5.15. The van der Waals surface area contributed by atoms with Crippen molar-refractivity contribution in [1.29, 1.82) is 0 Å². The molecule has 0 spiro atoms. The summed E-state index contributed by atoms with van der Waals surface area (Å²) in [5.74, 6) is 1.49. The average Bonchev–Trinajstić information content (AvgIpc) is 2.43. The molecule has 0 aliphatic carbocycles. The van der Waals surface area contributed by atoms with E-state index in [0.29, 0.717) is 12.5 Å². The third kappa shape index (κ3) is 5.17. The average molecular weight is 279 g/mol. The predicted molar refractivity (Wildman–Crippen MR) is 82.9 cm³/mol. The lowest BCUT2D eigenvalue weighted by molar-refractivity contribution is 0.177. The van der Waals surface area contributed by atoms with E-state index in [2.05, 4.69) is 43.0 Å². The minimum absolute atomic E-state index is 0.492. The molecule has 0 atom stereocenters. The molecule has 0 saturated carbocycles. The summed E-state index contributed by atoms with van der Waals surface area (Å²) < 4.78 is 5.15. The molecule has 114 valence electrons. The number of hydrogen-bond donors (Lipinski definition) is 1. The summed E-state index contributed by atoms with van der Waals surface area (Å²) in [4.78, 5) is 9.28. The molecule has 0 saturated heterocycles. The lowest BCUT2D eigenvalue weighted by Gasteiger charge is -2.14. The maximum Gasteiger partial charge on any atom is 0.154 e. The summed E-state index contributed by atoms with van der Waals surface area (Å²) >= 11 is 0. The number of nitrogens with one attached hydrogen (secondary N) is 1. The van der Waals surface area contributed by atoms with E-state index >= 15 is 0 Å². The van der Waals surface area contributed by atoms with Crippen LogP contribution in [0.5, 0.6) is 0 Å². The fraction of sp³-hybridized carbons (Fsp3) is 0.750. The smallest absolute Gasteiger partial charge is 0.154 e. The van der Waals surface area contributed by atoms with Crippen molar-refractivity contribution in [3.8, 4) is 0 Å². The monoisotopic (exact) mass is 279 g/mol. The second-order valence-electron chi connectivity index (χ2n) is 5.50. The van der Waals surface area contributed by atoms with Crippen LogP contribution >= 0.6 is 0 Å². The van der Waals surface area contributed by atoms with Crippen LogP contribution in [-0.4, -0.2) is 30.2 Å². The zero-order valence-corrected chi connectivity index (χ0v) is 13.6. The van der Waals surface area contributed by atoms with E-state index in [1.807, 2.05) is 0 Å². The van der Waals surface area contributed by atoms with Gasteiger partial charge in [-0.25, -0.2) is 9.97 Å². The van der Waals surface area contributed by atoms with Crippen molar-refractivity contribution < 1.29 is 4.74 Å². The minimum atomic E-state index is 0.492. The maximum absolute atomic E-state index is 5.15. The molecule has 1 aromatic heterocycles. The second kappa shape index (κ2) is 9.03. The highest BCUT2D eigenvalue weighted by atomic mass is 16.5. The number of methoxy groups -OCH3 is 1. The van der Waals surface area contributed by atoms with Crippen LogP contribution in [0.2, 0.25) is 0 Å². The number of nitrogens with zero attached hydrogens (tertiary/aromatic N) is 2. The summed E-state index contributed by atoms with van der Waals surface area (Å²) in [7, 11) is 1.68. The summed E-state index contributed by atoms with van der Waals surface area (Å²) in [5, 5.41) is 3.50. The van der Waals surface area contributed by atoms with Crippen LogP contribution in [0.15, 0.2) is 0 Å². The molecule has 1 rings (SSSR count). The molecule has 0 unspecified atom stereocenters. The van der Waals surface area contributed by atoms with Gasteiger partial charge in [0.2, 0.25) is 0 Å². The molecule has 20 heavy (non-hydrogen) atoms. The van der Waals surface area contributed by atoms with Crippen molar-refractivity contribution >= 4 is 0 Å². The summed E-state index contributed by atoms with van der Waals surface area (Å²) in [5.41, 5.74) is 3.68. The number of aromatic nitrogens is 2. The molecule has 1 aromatic rings. The van der Waals surface area contributed by atoms with Crippen molar-refractivity contribution in [2.24, 2.45) is 5.92 Å². The molecule has 0 amide bonds. The Labute approximate surface area is 123 Å². The third-order valence-electron chi connectivity index (χ3n) is 3.27. The number of rotatable bonds is 9. The van der Waals surface area contributed by atoms with E-state index in [9.17, 15) is 0 Å². The standard InChI is InChI=1S/C16H29N3O/c1-6-14-13(8-9-17-10-12(3)4)15(7-2)19-16(18-14)11-20-5/h12,17H,6-11H2,1-5H3. The molecule has 1 N–H and O–H groups in total. The van der Waals surface area contributed by atoms with Crippen molar-refractivity contribution in [3.05, 3.63) is 22.8 Å². The molecule has 0 aliphatic heterocycles. The van der Waals surface area contributed by atoms with Gasteiger partial charge in [0, 0.05) is 18.5 Å². The number of hydrogen-bond acceptors (Lipinski definition) is 4. The SMILES string of the molecule is CCc1nc(COC)nc(CC)c1CCNCC(C)C. The van der Waals surface area contributed by atoms with E-state index < -0.39 is 0 Å². The van der Waals surface area contributed by atoms with Gasteiger partial charge in [-0.2, -0.15) is 0 Å². The van der Waals surface area contributed by atoms with Gasteiger partial charge in [-0.05, 0) is 43.8 Å². The van der Waals surface area contributed by atoms with Gasteiger partial charge in [-0.15, -0.1) is 0 Å². The topological polar surface area (TPSA) is 47.0 Å². The fourth-order valence-corrected chi connectivity index (χ4v) is 2.31. The summed E-state index contributed by atoms with van der Waals surface area (Å²) in [6.45, 7) is 11.3. The van der Waals surface area contributed by atoms with Crippen LogP contribution < -0.4 is 5.32 Å². The Hall–Kier alpha value is -1.00. The van der Waals surface area contributed by atoms with Gasteiger partial charge in [-0.1, -0.05) is 27.7 Å². The fourth-order valence-electron chi connectivity index (χ4n) is 2.31. The normalized spacial score (nSPS) is 11.3. The second-order valence-corrected chi connectivity index (χ2v) is 5.50. The first-order valence-electron chi connectivity index (χ1n) is 7.69. The Morgan fingerprint density at radius 2 is 1.70 bits per heavy atom. The van der Waals surface area contributed by atoms with E-state index in [-0.39, 0.29) is 0 Å². The van der Waals surface area contributed by atoms with Crippen LogP contribution in [0.25, 0.3) is 0 Å². The summed E-state index contributed by atoms with van der Waals surface area (Å²) in [6.07, 6.45) is 2.91. The first-order valence-corrected chi connectivity index (χ1v) is 7.69. The Bertz CT molecular complexity index is 380. The molecule has 0 bridgehead atoms. The Kier molecular flexibility index (Phi) is 7.70. The first-order chi connectivity index (χ1) is 9.62. The molecule has 4 nitrogen and oxygen atoms in total. The quantitative estimate of drug-likeness (QED) is 0.706. The molecule has 0 aromatic carbocycles. The highest BCUT2D eigenvalue weighted by Crippen LogP contribution is 2.14. The van der Waals surface area contributed by atoms with Gasteiger partial charge in [0.15, 0.2) is 5.82 Å². The Morgan fingerprint density at radius 3 is 2.15 bits per heavy atom. The van der Waals surface area contributed by atoms with Crippen LogP contribution in [0.1, 0.15) is 50.5 Å². The van der Waals surface area contributed by atoms with E-state index in [1.54, 1.807) is 7.11 Å². The van der Waals surface area contributed by atoms with Gasteiger partial charge in [0.05, 0.1) is 0 Å². The van der Waals surface area contributed by atoms with E-state index in [4.69, 9.17) is 4.74 Å². The van der Waals surface area contributed by atoms with Crippen LogP contribution in [0.3, 0.4) is 0 Å². The zero-order chi connectivity index (χ0) is 15.0. The molecule has 4 heteroatoms. The van der Waals surface area contributed by atoms with E-state index in [1.165, 1.54) is 17.0 Å². The minimum Gasteiger partial charge on any atom is -0.377 e. The summed E-state index contributed by atoms with van der Waals surface area (Å²) in [6, 6.07) is 0. The highest BCUT2D eigenvalue weighted by molar-refractivity contribution is 5.27. The van der Waals surface area contributed by atoms with Gasteiger partial charge < -0.3 is 10.1 Å². The lowest BCUT2D eigenvalue weighted by Crippen LogP contribution is -2.23. The molecule has 1 heterocycles. The van der Waals surface area contributed by atoms with Gasteiger partial charge in [0.1, 0.15) is 6.61 Å². The molecular formula is C16H29N3O. The van der Waals surface area contributed by atoms with Crippen molar-refractivity contribution in [2.45, 2.75) is 53.6 Å². The van der Waals surface area contributed by atoms with Gasteiger partial charge in [-0.3, -0.25) is 0 Å². The first kappa shape index (κ1) is 17.1. The predicted octanol–water partition coefficient (Wildman–Crippen LogP) is 2.54. The van der Waals surface area contributed by atoms with Crippen molar-refractivity contribution in [3.63, 3.8) is 0 Å². The van der Waals surface area contributed by atoms with Gasteiger partial charge >= 0.3 is 0 Å². The molecular weight excluding hydrogens is 250 g/mol. The highest BCUT2D eigenvalue weighted by Gasteiger charge is 2.12. The van der Waals surface area contributed by atoms with Crippen LogP contribution in [0, 0.1) is 5.92 Å². The van der Waals surface area contributed by atoms with E-state index in [0.717, 1.165) is 38.2 Å². The Balaban J connectivity index is 2.81. The van der Waals surface area contributed by atoms with Crippen LogP contribution in [0.4, 0.5) is 0 Å². The van der Waals surface area contributed by atoms with Crippen molar-refractivity contribution in [2.75, 3.05) is 20.2 Å². The Morgan fingerprint density at radius 1 is 1.10 bits per heavy atom. The lowest BCUT2D eigenvalue weighted by atomic mass is 10.0. The number of ether oxygens (including phenoxy) is 1. The molecule has 0 fully saturated rings.